The van der Waals surface area contributed by atoms with Crippen LogP contribution in [0, 0.1) is 0 Å². The van der Waals surface area contributed by atoms with E-state index in [1.54, 1.807) is 12.1 Å². The summed E-state index contributed by atoms with van der Waals surface area (Å²) in [6.07, 6.45) is 0. The molecule has 0 aromatic heterocycles. The van der Waals surface area contributed by atoms with Crippen LogP contribution in [-0.2, 0) is 39.6 Å². The maximum absolute atomic E-state index is 12.2. The van der Waals surface area contributed by atoms with E-state index in [4.69, 9.17) is 28.4 Å². The third-order valence-electron chi connectivity index (χ3n) is 10.1. The summed E-state index contributed by atoms with van der Waals surface area (Å²) in [7, 11) is 0. The van der Waals surface area contributed by atoms with Gasteiger partial charge in [0.05, 0.1) is 5.56 Å². The number of carbonyl (C=O) groups excluding carboxylic acids is 1. The molecule has 12 heteroatoms. The predicted molar refractivity (Wildman–Crippen MR) is 260 cm³/mol. The largest absolute Gasteiger partial charge is 1.00 e. The molecule has 348 valence electrons. The topological polar surface area (TPSA) is 171 Å². The summed E-state index contributed by atoms with van der Waals surface area (Å²) in [4.78, 5) is 24.0. The van der Waals surface area contributed by atoms with Gasteiger partial charge in [-0.25, -0.2) is 4.79 Å². The molecular weight excluding hydrogens is 868 g/mol. The molecule has 0 saturated carbocycles. The number of carbonyl (C=O) groups is 2. The summed E-state index contributed by atoms with van der Waals surface area (Å²) in [6.45, 7) is 3.40. The molecule has 8 rings (SSSR count). The van der Waals surface area contributed by atoms with Gasteiger partial charge in [0, 0.05) is 5.56 Å². The summed E-state index contributed by atoms with van der Waals surface area (Å²) in [5, 5.41) is 9.65. The van der Waals surface area contributed by atoms with Crippen LogP contribution in [0.25, 0.3) is 0 Å². The predicted octanol–water partition coefficient (Wildman–Crippen LogP) is 8.75. The van der Waals surface area contributed by atoms with Crippen LogP contribution >= 0.6 is 0 Å². The Morgan fingerprint density at radius 3 is 0.768 bits per heavy atom. The minimum atomic E-state index is -1.07. The van der Waals surface area contributed by atoms with Crippen molar-refractivity contribution in [3.63, 3.8) is 0 Å². The number of benzene rings is 8. The van der Waals surface area contributed by atoms with Gasteiger partial charge in [0.15, 0.2) is 28.8 Å². The van der Waals surface area contributed by atoms with Crippen molar-refractivity contribution < 1.29 is 72.9 Å². The Labute approximate surface area is 414 Å². The van der Waals surface area contributed by atoms with Crippen molar-refractivity contribution in [1.82, 2.24) is 0 Å². The smallest absolute Gasteiger partial charge is 0.870 e. The fourth-order valence-corrected chi connectivity index (χ4v) is 6.59. The fraction of sp³-hybridized carbons (Fsp3) is 0.123. The Morgan fingerprint density at radius 1 is 0.362 bits per heavy atom. The summed E-state index contributed by atoms with van der Waals surface area (Å²) in [6, 6.07) is 65.1. The summed E-state index contributed by atoms with van der Waals surface area (Å²) >= 11 is 0. The van der Waals surface area contributed by atoms with Gasteiger partial charge < -0.3 is 44.5 Å². The van der Waals surface area contributed by atoms with Crippen LogP contribution in [0.3, 0.4) is 0 Å². The number of carboxylic acid groups (broad SMARTS) is 1. The third kappa shape index (κ3) is 16.8. The minimum Gasteiger partial charge on any atom is -0.870 e. The van der Waals surface area contributed by atoms with Crippen LogP contribution in [0.4, 0.5) is 0 Å². The van der Waals surface area contributed by atoms with Gasteiger partial charge in [-0.05, 0) is 64.6 Å². The Bertz CT molecular complexity index is 2420. The molecule has 0 aliphatic rings. The second kappa shape index (κ2) is 28.4. The molecule has 8 aromatic carbocycles. The normalized spacial score (nSPS) is 9.99. The number of carboxylic acids is 1. The number of ketones is 1. The average molecular weight is 921 g/mol. The maximum atomic E-state index is 12.2. The summed E-state index contributed by atoms with van der Waals surface area (Å²) < 4.78 is 36.7. The second-order valence-corrected chi connectivity index (χ2v) is 15.1. The zero-order valence-corrected chi connectivity index (χ0v) is 38.5. The monoisotopic (exact) mass is 920 g/mol. The molecule has 0 saturated heterocycles. The first-order valence-electron chi connectivity index (χ1n) is 21.5. The van der Waals surface area contributed by atoms with E-state index in [0.717, 1.165) is 33.4 Å². The van der Waals surface area contributed by atoms with Crippen molar-refractivity contribution in [2.24, 2.45) is 0 Å². The maximum Gasteiger partial charge on any atom is 1.00 e. The van der Waals surface area contributed by atoms with Gasteiger partial charge in [-0.3, -0.25) is 4.79 Å². The van der Waals surface area contributed by atoms with Gasteiger partial charge in [0.2, 0.25) is 11.5 Å². The number of ether oxygens (including phenoxy) is 6. The van der Waals surface area contributed by atoms with Gasteiger partial charge >= 0.3 is 24.8 Å². The summed E-state index contributed by atoms with van der Waals surface area (Å²) in [5.74, 6) is 1.30. The molecule has 0 unspecified atom stereocenters. The van der Waals surface area contributed by atoms with Gasteiger partial charge in [-0.1, -0.05) is 182 Å². The van der Waals surface area contributed by atoms with E-state index in [-0.39, 0.29) is 61.0 Å². The van der Waals surface area contributed by atoms with E-state index in [1.807, 2.05) is 182 Å². The SMILES string of the molecule is CC(=O)c1cc(OCc2ccccc2)c(OCc2ccccc2)c(OCc2ccccc2)c1.O.O=C(O)c1cc(OCc2ccccc2)c(OCc2ccccc2)c(OCc2ccccc2)c1.[Li+].[OH-]. The van der Waals surface area contributed by atoms with Crippen LogP contribution in [0.5, 0.6) is 34.5 Å². The van der Waals surface area contributed by atoms with Crippen LogP contribution in [0.15, 0.2) is 206 Å². The number of rotatable bonds is 20. The van der Waals surface area contributed by atoms with Crippen LogP contribution in [0.2, 0.25) is 0 Å². The number of Topliss-reactive ketones (excluding diaryl/α,β-unsaturated/α-hetero) is 1. The van der Waals surface area contributed by atoms with Crippen molar-refractivity contribution in [1.29, 1.82) is 0 Å². The van der Waals surface area contributed by atoms with Crippen LogP contribution < -0.4 is 47.3 Å². The Balaban J connectivity index is 0.000000288. The Kier molecular flexibility index (Phi) is 22.2. The molecule has 0 aliphatic heterocycles. The molecule has 4 N–H and O–H groups in total. The molecule has 11 nitrogen and oxygen atoms in total. The van der Waals surface area contributed by atoms with Crippen molar-refractivity contribution in [3.05, 3.63) is 251 Å². The van der Waals surface area contributed by atoms with Crippen molar-refractivity contribution in [2.75, 3.05) is 0 Å². The average Bonchev–Trinajstić information content (AvgIpc) is 3.37. The molecule has 0 aliphatic carbocycles. The van der Waals surface area contributed by atoms with E-state index in [2.05, 4.69) is 0 Å². The Hall–Kier alpha value is -7.78. The minimum absolute atomic E-state index is 0. The molecule has 69 heavy (non-hydrogen) atoms. The molecule has 0 spiro atoms. The first-order chi connectivity index (χ1) is 32.4. The molecule has 0 amide bonds. The van der Waals surface area contributed by atoms with Crippen molar-refractivity contribution in [2.45, 2.75) is 46.6 Å². The van der Waals surface area contributed by atoms with Gasteiger partial charge in [-0.2, -0.15) is 0 Å². The standard InChI is InChI=1S/C29H26O4.C28H24O5.Li.2H2O/c1-22(30)26-17-27(31-19-23-11-5-2-6-12-23)29(33-21-25-15-9-4-10-16-25)28(18-26)32-20-24-13-7-3-8-14-24;29-28(30)24-16-25(31-18-21-10-4-1-5-11-21)27(33-20-23-14-8-3-9-15-23)26(17-24)32-19-22-12-6-2-7-13-22;;;/h2-18H,19-21H2,1H3;1-17H,18-20H2,(H,29,30);;2*1H2/q;;+1;;/p-1. The van der Waals surface area contributed by atoms with Crippen LogP contribution in [-0.4, -0.2) is 27.8 Å². The molecule has 0 radical (unpaired) electrons. The third-order valence-corrected chi connectivity index (χ3v) is 10.1. The summed E-state index contributed by atoms with van der Waals surface area (Å²) in [5.41, 5.74) is 6.52. The van der Waals surface area contributed by atoms with E-state index < -0.39 is 5.97 Å². The Morgan fingerprint density at radius 2 is 0.565 bits per heavy atom. The van der Waals surface area contributed by atoms with Gasteiger partial charge in [0.25, 0.3) is 0 Å². The van der Waals surface area contributed by atoms with E-state index in [0.29, 0.717) is 59.9 Å². The first-order valence-corrected chi connectivity index (χ1v) is 21.5. The van der Waals surface area contributed by atoms with Gasteiger partial charge in [-0.15, -0.1) is 0 Å². The molecule has 8 aromatic rings. The zero-order chi connectivity index (χ0) is 45.8. The number of hydrogen-bond acceptors (Lipinski definition) is 9. The number of hydrogen-bond donors (Lipinski definition) is 1. The quantitative estimate of drug-likeness (QED) is 0.0576. The first kappa shape index (κ1) is 53.8. The van der Waals surface area contributed by atoms with Crippen molar-refractivity contribution >= 4 is 11.8 Å². The molecule has 0 bridgehead atoms. The van der Waals surface area contributed by atoms with E-state index >= 15 is 0 Å². The fourth-order valence-electron chi connectivity index (χ4n) is 6.59. The number of aromatic carboxylic acids is 1. The van der Waals surface area contributed by atoms with Crippen LogP contribution in [0.1, 0.15) is 61.0 Å². The zero-order valence-electron chi connectivity index (χ0n) is 38.5. The van der Waals surface area contributed by atoms with E-state index in [1.165, 1.54) is 19.1 Å². The van der Waals surface area contributed by atoms with E-state index in [9.17, 15) is 14.7 Å². The second-order valence-electron chi connectivity index (χ2n) is 15.1. The van der Waals surface area contributed by atoms with Crippen molar-refractivity contribution in [3.8, 4) is 34.5 Å². The molecule has 0 atom stereocenters. The molecule has 0 heterocycles. The van der Waals surface area contributed by atoms with Gasteiger partial charge in [0.1, 0.15) is 39.6 Å². The molecular formula is C57H53LiO11. The molecule has 0 fully saturated rings.